The first-order chi connectivity index (χ1) is 10.7. The highest BCUT2D eigenvalue weighted by Gasteiger charge is 2.24. The number of likely N-dealkylation sites (tertiary alicyclic amines) is 1. The predicted octanol–water partition coefficient (Wildman–Crippen LogP) is 2.79. The van der Waals surface area contributed by atoms with Crippen molar-refractivity contribution in [2.75, 3.05) is 33.3 Å². The molecule has 1 unspecified atom stereocenters. The van der Waals surface area contributed by atoms with Gasteiger partial charge in [0.2, 0.25) is 5.91 Å². The maximum atomic E-state index is 12.6. The van der Waals surface area contributed by atoms with Crippen LogP contribution in [0.5, 0.6) is 5.75 Å². The summed E-state index contributed by atoms with van der Waals surface area (Å²) in [6.07, 6.45) is 4.77. The smallest absolute Gasteiger partial charge is 0.239 e. The summed E-state index contributed by atoms with van der Waals surface area (Å²) in [6, 6.07) is 9.71. The molecule has 4 heteroatoms. The fourth-order valence-electron chi connectivity index (χ4n) is 2.76. The number of para-hydroxylation sites is 1. The van der Waals surface area contributed by atoms with Gasteiger partial charge in [0, 0.05) is 19.6 Å². The van der Waals surface area contributed by atoms with Gasteiger partial charge in [-0.3, -0.25) is 9.69 Å². The molecule has 4 nitrogen and oxygen atoms in total. The van der Waals surface area contributed by atoms with E-state index in [1.54, 1.807) is 0 Å². The van der Waals surface area contributed by atoms with E-state index in [1.807, 2.05) is 49.2 Å². The Morgan fingerprint density at radius 2 is 1.82 bits per heavy atom. The van der Waals surface area contributed by atoms with Gasteiger partial charge in [-0.25, -0.2) is 0 Å². The van der Waals surface area contributed by atoms with E-state index in [-0.39, 0.29) is 11.9 Å². The molecule has 1 heterocycles. The number of rotatable bonds is 6. The van der Waals surface area contributed by atoms with Gasteiger partial charge in [-0.15, -0.1) is 0 Å². The molecule has 122 valence electrons. The largest absolute Gasteiger partial charge is 0.492 e. The number of carbonyl (C=O) groups excluding carboxylic acids is 1. The SMILES string of the molecule is CC(C(=O)N1CCCCCC1)N(C)CCOc1ccccc1. The van der Waals surface area contributed by atoms with Crippen molar-refractivity contribution in [3.05, 3.63) is 30.3 Å². The second-order valence-corrected chi connectivity index (χ2v) is 6.06. The van der Waals surface area contributed by atoms with Gasteiger partial charge in [0.15, 0.2) is 0 Å². The lowest BCUT2D eigenvalue weighted by molar-refractivity contribution is -0.136. The van der Waals surface area contributed by atoms with Gasteiger partial charge in [0.05, 0.1) is 6.04 Å². The number of carbonyl (C=O) groups is 1. The van der Waals surface area contributed by atoms with Gasteiger partial charge < -0.3 is 9.64 Å². The number of likely N-dealkylation sites (N-methyl/N-ethyl adjacent to an activating group) is 1. The van der Waals surface area contributed by atoms with Crippen molar-refractivity contribution in [3.8, 4) is 5.75 Å². The topological polar surface area (TPSA) is 32.8 Å². The van der Waals surface area contributed by atoms with E-state index >= 15 is 0 Å². The van der Waals surface area contributed by atoms with Crippen LogP contribution in [0.25, 0.3) is 0 Å². The van der Waals surface area contributed by atoms with E-state index in [0.717, 1.165) is 38.2 Å². The summed E-state index contributed by atoms with van der Waals surface area (Å²) in [5, 5.41) is 0. The van der Waals surface area contributed by atoms with Gasteiger partial charge >= 0.3 is 0 Å². The minimum absolute atomic E-state index is 0.0857. The first-order valence-corrected chi connectivity index (χ1v) is 8.35. The van der Waals surface area contributed by atoms with Crippen LogP contribution >= 0.6 is 0 Å². The molecule has 1 aliphatic rings. The second-order valence-electron chi connectivity index (χ2n) is 6.06. The van der Waals surface area contributed by atoms with E-state index in [0.29, 0.717) is 6.61 Å². The number of benzene rings is 1. The van der Waals surface area contributed by atoms with Gasteiger partial charge in [-0.05, 0) is 38.9 Å². The Hall–Kier alpha value is -1.55. The van der Waals surface area contributed by atoms with Crippen LogP contribution < -0.4 is 4.74 Å². The zero-order valence-corrected chi connectivity index (χ0v) is 13.8. The second kappa shape index (κ2) is 8.79. The van der Waals surface area contributed by atoms with E-state index in [4.69, 9.17) is 4.74 Å². The van der Waals surface area contributed by atoms with Crippen LogP contribution in [0.15, 0.2) is 30.3 Å². The van der Waals surface area contributed by atoms with E-state index in [1.165, 1.54) is 12.8 Å². The maximum absolute atomic E-state index is 12.6. The zero-order chi connectivity index (χ0) is 15.8. The summed E-state index contributed by atoms with van der Waals surface area (Å²) in [5.74, 6) is 1.13. The summed E-state index contributed by atoms with van der Waals surface area (Å²) in [6.45, 7) is 5.17. The average molecular weight is 304 g/mol. The third-order valence-corrected chi connectivity index (χ3v) is 4.39. The third-order valence-electron chi connectivity index (χ3n) is 4.39. The quantitative estimate of drug-likeness (QED) is 0.810. The molecule has 1 aromatic rings. The Balaban J connectivity index is 1.75. The van der Waals surface area contributed by atoms with Gasteiger partial charge in [-0.1, -0.05) is 31.0 Å². The molecular formula is C18H28N2O2. The molecule has 0 radical (unpaired) electrons. The Bertz CT molecular complexity index is 442. The van der Waals surface area contributed by atoms with Crippen LogP contribution in [0.2, 0.25) is 0 Å². The van der Waals surface area contributed by atoms with Gasteiger partial charge in [-0.2, -0.15) is 0 Å². The van der Waals surface area contributed by atoms with E-state index < -0.39 is 0 Å². The number of ether oxygens (including phenoxy) is 1. The maximum Gasteiger partial charge on any atom is 0.239 e. The first kappa shape index (κ1) is 16.8. The summed E-state index contributed by atoms with van der Waals surface area (Å²) in [7, 11) is 1.99. The number of hydrogen-bond acceptors (Lipinski definition) is 3. The minimum atomic E-state index is -0.0857. The zero-order valence-electron chi connectivity index (χ0n) is 13.8. The molecule has 1 aromatic carbocycles. The van der Waals surface area contributed by atoms with Crippen LogP contribution in [-0.4, -0.2) is 55.0 Å². The van der Waals surface area contributed by atoms with Crippen molar-refractivity contribution in [2.45, 2.75) is 38.6 Å². The molecule has 0 N–H and O–H groups in total. The summed E-state index contributed by atoms with van der Waals surface area (Å²) < 4.78 is 5.71. The van der Waals surface area contributed by atoms with Crippen LogP contribution in [0.1, 0.15) is 32.6 Å². The van der Waals surface area contributed by atoms with Crippen molar-refractivity contribution in [1.29, 1.82) is 0 Å². The van der Waals surface area contributed by atoms with Crippen LogP contribution in [-0.2, 0) is 4.79 Å². The lowest BCUT2D eigenvalue weighted by Gasteiger charge is -2.29. The standard InChI is InChI=1S/C18H28N2O2/c1-16(18(21)20-12-8-3-4-9-13-20)19(2)14-15-22-17-10-6-5-7-11-17/h5-7,10-11,16H,3-4,8-9,12-15H2,1-2H3. The average Bonchev–Trinajstić information content (AvgIpc) is 2.83. The van der Waals surface area contributed by atoms with Crippen LogP contribution in [0, 0.1) is 0 Å². The summed E-state index contributed by atoms with van der Waals surface area (Å²) in [5.41, 5.74) is 0. The van der Waals surface area contributed by atoms with E-state index in [9.17, 15) is 4.79 Å². The van der Waals surface area contributed by atoms with Crippen LogP contribution in [0.3, 0.4) is 0 Å². The van der Waals surface area contributed by atoms with Crippen molar-refractivity contribution in [3.63, 3.8) is 0 Å². The van der Waals surface area contributed by atoms with Crippen molar-refractivity contribution < 1.29 is 9.53 Å². The van der Waals surface area contributed by atoms with Crippen molar-refractivity contribution in [1.82, 2.24) is 9.80 Å². The highest BCUT2D eigenvalue weighted by atomic mass is 16.5. The fourth-order valence-corrected chi connectivity index (χ4v) is 2.76. The number of amides is 1. The minimum Gasteiger partial charge on any atom is -0.492 e. The Morgan fingerprint density at radius 1 is 1.18 bits per heavy atom. The Labute approximate surface area is 134 Å². The number of nitrogens with zero attached hydrogens (tertiary/aromatic N) is 2. The van der Waals surface area contributed by atoms with Gasteiger partial charge in [0.25, 0.3) is 0 Å². The summed E-state index contributed by atoms with van der Waals surface area (Å²) in [4.78, 5) is 16.7. The fraction of sp³-hybridized carbons (Fsp3) is 0.611. The number of hydrogen-bond donors (Lipinski definition) is 0. The molecule has 0 aliphatic carbocycles. The lowest BCUT2D eigenvalue weighted by atomic mass is 10.2. The molecule has 0 saturated carbocycles. The van der Waals surface area contributed by atoms with Crippen molar-refractivity contribution >= 4 is 5.91 Å². The highest BCUT2D eigenvalue weighted by molar-refractivity contribution is 5.81. The van der Waals surface area contributed by atoms with Crippen LogP contribution in [0.4, 0.5) is 0 Å². The normalized spacial score (nSPS) is 17.1. The first-order valence-electron chi connectivity index (χ1n) is 8.35. The molecule has 1 amide bonds. The molecule has 0 spiro atoms. The third kappa shape index (κ3) is 5.02. The summed E-state index contributed by atoms with van der Waals surface area (Å²) >= 11 is 0. The molecule has 0 bridgehead atoms. The lowest BCUT2D eigenvalue weighted by Crippen LogP contribution is -2.47. The Morgan fingerprint density at radius 3 is 2.45 bits per heavy atom. The van der Waals surface area contributed by atoms with Crippen molar-refractivity contribution in [2.24, 2.45) is 0 Å². The molecular weight excluding hydrogens is 276 g/mol. The van der Waals surface area contributed by atoms with Gasteiger partial charge in [0.1, 0.15) is 12.4 Å². The predicted molar refractivity (Wildman–Crippen MR) is 89.1 cm³/mol. The monoisotopic (exact) mass is 304 g/mol. The molecule has 1 aliphatic heterocycles. The highest BCUT2D eigenvalue weighted by Crippen LogP contribution is 2.13. The molecule has 0 aromatic heterocycles. The molecule has 1 atom stereocenters. The van der Waals surface area contributed by atoms with E-state index in [2.05, 4.69) is 4.90 Å². The Kier molecular flexibility index (Phi) is 6.72. The molecule has 2 rings (SSSR count). The molecule has 1 saturated heterocycles. The molecule has 1 fully saturated rings. The molecule has 22 heavy (non-hydrogen) atoms.